The van der Waals surface area contributed by atoms with Crippen molar-refractivity contribution in [1.29, 1.82) is 0 Å². The van der Waals surface area contributed by atoms with Crippen molar-refractivity contribution in [3.63, 3.8) is 0 Å². The summed E-state index contributed by atoms with van der Waals surface area (Å²) in [6.45, 7) is 6.73. The Bertz CT molecular complexity index is 434. The predicted octanol–water partition coefficient (Wildman–Crippen LogP) is 5.45. The second-order valence-corrected chi connectivity index (χ2v) is 6.82. The average molecular weight is 404 g/mol. The molecule has 1 N–H and O–H groups in total. The minimum atomic E-state index is -0.678. The number of carbonyl (C=O) groups is 1. The fourth-order valence-electron chi connectivity index (χ4n) is 2.99. The standard InChI is InChI=1S/C20H32O2.Cr.3O/c1-4-5-8-18(9-6-7-10-20(21)22)19-13-11-17(12-14-19)15-16(2)3;;;;/h11-14,16,18H,4-10,15H2,1-3H3,(H,21,22);;;;/q;+6;3*-2. The molecule has 0 aliphatic heterocycles. The van der Waals surface area contributed by atoms with Crippen molar-refractivity contribution in [2.45, 2.75) is 78.1 Å². The number of hydrogen-bond donors (Lipinski definition) is 1. The fraction of sp³-hybridized carbons (Fsp3) is 0.650. The molecule has 0 aromatic heterocycles. The molecule has 0 fully saturated rings. The third kappa shape index (κ3) is 14.3. The number of aliphatic carboxylic acids is 1. The van der Waals surface area contributed by atoms with Gasteiger partial charge in [-0.3, -0.25) is 4.79 Å². The summed E-state index contributed by atoms with van der Waals surface area (Å²) in [4.78, 5) is 10.6. The topological polar surface area (TPSA) is 123 Å². The van der Waals surface area contributed by atoms with Crippen LogP contribution in [0, 0.1) is 5.92 Å². The van der Waals surface area contributed by atoms with Gasteiger partial charge >= 0.3 is 23.3 Å². The number of hydrogen-bond acceptors (Lipinski definition) is 1. The molecule has 148 valence electrons. The molecule has 0 spiro atoms. The molecule has 5 nitrogen and oxygen atoms in total. The second-order valence-electron chi connectivity index (χ2n) is 6.82. The number of unbranched alkanes of at least 4 members (excludes halogenated alkanes) is 2. The summed E-state index contributed by atoms with van der Waals surface area (Å²) < 4.78 is 0. The molecular weight excluding hydrogens is 372 g/mol. The summed E-state index contributed by atoms with van der Waals surface area (Å²) in [6.07, 6.45) is 8.03. The quantitative estimate of drug-likeness (QED) is 0.493. The molecular formula is C20H32CrO5. The van der Waals surface area contributed by atoms with Gasteiger partial charge in [-0.1, -0.05) is 64.3 Å². The minimum absolute atomic E-state index is 0. The first kappa shape index (κ1) is 32.7. The molecule has 0 aliphatic carbocycles. The van der Waals surface area contributed by atoms with Crippen molar-refractivity contribution in [3.05, 3.63) is 35.4 Å². The Balaban J connectivity index is -0.000000605. The van der Waals surface area contributed by atoms with Crippen molar-refractivity contribution < 1.29 is 43.7 Å². The van der Waals surface area contributed by atoms with E-state index < -0.39 is 5.97 Å². The molecule has 26 heavy (non-hydrogen) atoms. The molecule has 0 aliphatic rings. The first-order valence-corrected chi connectivity index (χ1v) is 8.83. The van der Waals surface area contributed by atoms with E-state index in [9.17, 15) is 4.79 Å². The van der Waals surface area contributed by atoms with Crippen LogP contribution in [-0.2, 0) is 45.0 Å². The summed E-state index contributed by atoms with van der Waals surface area (Å²) >= 11 is 0. The zero-order valence-corrected chi connectivity index (χ0v) is 17.4. The molecule has 0 heterocycles. The molecule has 1 rings (SSSR count). The summed E-state index contributed by atoms with van der Waals surface area (Å²) in [5, 5.41) is 8.74. The van der Waals surface area contributed by atoms with E-state index in [0.717, 1.165) is 25.7 Å². The van der Waals surface area contributed by atoms with Gasteiger partial charge in [0.1, 0.15) is 0 Å². The fourth-order valence-corrected chi connectivity index (χ4v) is 2.99. The van der Waals surface area contributed by atoms with Crippen molar-refractivity contribution in [3.8, 4) is 0 Å². The van der Waals surface area contributed by atoms with Crippen LogP contribution in [-0.4, -0.2) is 11.1 Å². The Hall–Kier alpha value is -0.898. The molecule has 1 unspecified atom stereocenters. The van der Waals surface area contributed by atoms with E-state index in [1.54, 1.807) is 0 Å². The Labute approximate surface area is 169 Å². The summed E-state index contributed by atoms with van der Waals surface area (Å²) in [5.74, 6) is 0.600. The maximum absolute atomic E-state index is 10.6. The normalized spacial score (nSPS) is 10.6. The van der Waals surface area contributed by atoms with Gasteiger partial charge in [-0.25, -0.2) is 0 Å². The maximum atomic E-state index is 10.6. The minimum Gasteiger partial charge on any atom is -2.00 e. The van der Waals surface area contributed by atoms with Crippen molar-refractivity contribution in [2.24, 2.45) is 5.92 Å². The molecule has 6 heteroatoms. The SMILES string of the molecule is CCCCC(CCCCC(=O)O)c1ccc(CC(C)C)cc1.[Cr+6].[O-2].[O-2].[O-2]. The van der Waals surface area contributed by atoms with Crippen molar-refractivity contribution >= 4 is 5.97 Å². The number of carboxylic acids is 1. The van der Waals surface area contributed by atoms with Crippen LogP contribution in [0.5, 0.6) is 0 Å². The van der Waals surface area contributed by atoms with Crippen LogP contribution in [0.4, 0.5) is 0 Å². The maximum Gasteiger partial charge on any atom is 6.00 e. The van der Waals surface area contributed by atoms with E-state index in [1.165, 1.54) is 30.4 Å². The average Bonchev–Trinajstić information content (AvgIpc) is 2.47. The van der Waals surface area contributed by atoms with Crippen LogP contribution in [0.15, 0.2) is 24.3 Å². The van der Waals surface area contributed by atoms with Gasteiger partial charge in [0.2, 0.25) is 0 Å². The molecule has 0 radical (unpaired) electrons. The first-order valence-electron chi connectivity index (χ1n) is 8.83. The summed E-state index contributed by atoms with van der Waals surface area (Å²) in [7, 11) is 0. The van der Waals surface area contributed by atoms with Crippen LogP contribution in [0.1, 0.15) is 82.8 Å². The largest absolute Gasteiger partial charge is 6.00 e. The Kier molecular flexibility index (Phi) is 23.8. The van der Waals surface area contributed by atoms with E-state index in [2.05, 4.69) is 45.0 Å². The van der Waals surface area contributed by atoms with Gasteiger partial charge in [0.15, 0.2) is 0 Å². The molecule has 1 atom stereocenters. The third-order valence-corrected chi connectivity index (χ3v) is 4.19. The first-order chi connectivity index (χ1) is 10.5. The van der Waals surface area contributed by atoms with E-state index in [0.29, 0.717) is 18.3 Å². The molecule has 0 amide bonds. The monoisotopic (exact) mass is 404 g/mol. The van der Waals surface area contributed by atoms with E-state index in [1.807, 2.05) is 0 Å². The zero-order valence-electron chi connectivity index (χ0n) is 16.1. The summed E-state index contributed by atoms with van der Waals surface area (Å²) in [6, 6.07) is 9.11. The van der Waals surface area contributed by atoms with Crippen molar-refractivity contribution in [2.75, 3.05) is 0 Å². The van der Waals surface area contributed by atoms with Gasteiger partial charge in [-0.2, -0.15) is 0 Å². The van der Waals surface area contributed by atoms with Crippen LogP contribution in [0.25, 0.3) is 0 Å². The molecule has 0 saturated carbocycles. The van der Waals surface area contributed by atoms with Crippen molar-refractivity contribution in [1.82, 2.24) is 0 Å². The molecule has 1 aromatic carbocycles. The van der Waals surface area contributed by atoms with Crippen LogP contribution in [0.3, 0.4) is 0 Å². The van der Waals surface area contributed by atoms with Gasteiger partial charge < -0.3 is 21.5 Å². The molecule has 0 bridgehead atoms. The zero-order chi connectivity index (χ0) is 16.4. The second kappa shape index (κ2) is 18.9. The van der Waals surface area contributed by atoms with Gasteiger partial charge in [0, 0.05) is 6.42 Å². The third-order valence-electron chi connectivity index (χ3n) is 4.19. The van der Waals surface area contributed by atoms with Gasteiger partial charge in [-0.15, -0.1) is 0 Å². The number of benzene rings is 1. The summed E-state index contributed by atoms with van der Waals surface area (Å²) in [5.41, 5.74) is 2.84. The predicted molar refractivity (Wildman–Crippen MR) is 95.4 cm³/mol. The number of rotatable bonds is 11. The van der Waals surface area contributed by atoms with Crippen LogP contribution < -0.4 is 0 Å². The van der Waals surface area contributed by atoms with E-state index in [4.69, 9.17) is 5.11 Å². The van der Waals surface area contributed by atoms with Crippen LogP contribution >= 0.6 is 0 Å². The van der Waals surface area contributed by atoms with E-state index in [-0.39, 0.29) is 33.8 Å². The Morgan fingerprint density at radius 2 is 1.50 bits per heavy atom. The van der Waals surface area contributed by atoms with E-state index >= 15 is 0 Å². The number of carboxylic acid groups (broad SMARTS) is 1. The van der Waals surface area contributed by atoms with Gasteiger partial charge in [-0.05, 0) is 48.6 Å². The van der Waals surface area contributed by atoms with Crippen LogP contribution in [0.2, 0.25) is 0 Å². The smallest absolute Gasteiger partial charge is 2.00 e. The van der Waals surface area contributed by atoms with Gasteiger partial charge in [0.05, 0.1) is 0 Å². The van der Waals surface area contributed by atoms with Gasteiger partial charge in [0.25, 0.3) is 0 Å². The molecule has 1 aromatic rings. The Morgan fingerprint density at radius 1 is 0.962 bits per heavy atom. The molecule has 0 saturated heterocycles. The Morgan fingerprint density at radius 3 is 1.96 bits per heavy atom.